The lowest BCUT2D eigenvalue weighted by Crippen LogP contribution is -2.45. The molecule has 124 valence electrons. The predicted octanol–water partition coefficient (Wildman–Crippen LogP) is 2.55. The lowest BCUT2D eigenvalue weighted by atomic mass is 10.1. The van der Waals surface area contributed by atoms with E-state index in [1.807, 2.05) is 18.2 Å². The Morgan fingerprint density at radius 3 is 2.59 bits per heavy atom. The van der Waals surface area contributed by atoms with E-state index >= 15 is 0 Å². The second-order valence-corrected chi connectivity index (χ2v) is 6.12. The third kappa shape index (κ3) is 5.76. The molecule has 5 heteroatoms. The lowest BCUT2D eigenvalue weighted by Gasteiger charge is -2.32. The van der Waals surface area contributed by atoms with Gasteiger partial charge in [-0.2, -0.15) is 0 Å². The molecule has 1 aliphatic heterocycles. The number of hydrogen-bond donors (Lipinski definition) is 0. The number of hydrogen-bond acceptors (Lipinski definition) is 4. The van der Waals surface area contributed by atoms with E-state index in [4.69, 9.17) is 21.1 Å². The van der Waals surface area contributed by atoms with Gasteiger partial charge in [0.2, 0.25) is 0 Å². The molecule has 1 fully saturated rings. The van der Waals surface area contributed by atoms with E-state index in [-0.39, 0.29) is 0 Å². The molecule has 0 atom stereocenters. The highest BCUT2D eigenvalue weighted by molar-refractivity contribution is 6.31. The van der Waals surface area contributed by atoms with Crippen molar-refractivity contribution < 1.29 is 9.47 Å². The van der Waals surface area contributed by atoms with Crippen LogP contribution in [0.5, 0.6) is 5.75 Å². The molecule has 2 rings (SSSR count). The van der Waals surface area contributed by atoms with Gasteiger partial charge in [-0.15, -0.1) is 0 Å². The maximum atomic E-state index is 6.09. The zero-order valence-corrected chi connectivity index (χ0v) is 14.4. The summed E-state index contributed by atoms with van der Waals surface area (Å²) in [4.78, 5) is 4.81. The lowest BCUT2D eigenvalue weighted by molar-refractivity contribution is 0.0658. The molecule has 0 aromatic heterocycles. The summed E-state index contributed by atoms with van der Waals surface area (Å²) in [6.45, 7) is 9.65. The van der Waals surface area contributed by atoms with Gasteiger partial charge in [-0.05, 0) is 37.2 Å². The molecular formula is C17H27ClN2O2. The SMILES string of the molecule is CCc1cc(OCCOCCN2CCN(C)CC2)ccc1Cl. The van der Waals surface area contributed by atoms with Gasteiger partial charge in [0, 0.05) is 37.7 Å². The van der Waals surface area contributed by atoms with E-state index in [0.29, 0.717) is 13.2 Å². The molecule has 0 aliphatic carbocycles. The molecule has 0 radical (unpaired) electrons. The summed E-state index contributed by atoms with van der Waals surface area (Å²) < 4.78 is 11.4. The van der Waals surface area contributed by atoms with Gasteiger partial charge in [-0.1, -0.05) is 18.5 Å². The van der Waals surface area contributed by atoms with Crippen LogP contribution < -0.4 is 4.74 Å². The summed E-state index contributed by atoms with van der Waals surface area (Å²) in [6.07, 6.45) is 0.914. The molecule has 1 aromatic rings. The van der Waals surface area contributed by atoms with E-state index in [2.05, 4.69) is 23.8 Å². The van der Waals surface area contributed by atoms with Crippen molar-refractivity contribution in [2.45, 2.75) is 13.3 Å². The number of benzene rings is 1. The van der Waals surface area contributed by atoms with Crippen LogP contribution in [-0.2, 0) is 11.2 Å². The molecule has 0 saturated carbocycles. The first kappa shape index (κ1) is 17.5. The molecule has 1 saturated heterocycles. The summed E-state index contributed by atoms with van der Waals surface area (Å²) in [7, 11) is 2.17. The molecule has 0 amide bonds. The fourth-order valence-corrected chi connectivity index (χ4v) is 2.75. The normalized spacial score (nSPS) is 16.9. The maximum Gasteiger partial charge on any atom is 0.119 e. The molecule has 0 spiro atoms. The first-order valence-electron chi connectivity index (χ1n) is 8.09. The predicted molar refractivity (Wildman–Crippen MR) is 91.1 cm³/mol. The first-order valence-corrected chi connectivity index (χ1v) is 8.46. The van der Waals surface area contributed by atoms with Gasteiger partial charge >= 0.3 is 0 Å². The summed E-state index contributed by atoms with van der Waals surface area (Å²) >= 11 is 6.09. The van der Waals surface area contributed by atoms with Crippen LogP contribution in [0.4, 0.5) is 0 Å². The smallest absolute Gasteiger partial charge is 0.119 e. The quantitative estimate of drug-likeness (QED) is 0.685. The summed E-state index contributed by atoms with van der Waals surface area (Å²) in [6, 6.07) is 5.81. The van der Waals surface area contributed by atoms with Crippen LogP contribution in [0.3, 0.4) is 0 Å². The first-order chi connectivity index (χ1) is 10.7. The Labute approximate surface area is 138 Å². The van der Waals surface area contributed by atoms with E-state index in [9.17, 15) is 0 Å². The monoisotopic (exact) mass is 326 g/mol. The number of aryl methyl sites for hydroxylation is 1. The van der Waals surface area contributed by atoms with Crippen molar-refractivity contribution >= 4 is 11.6 Å². The topological polar surface area (TPSA) is 24.9 Å². The Morgan fingerprint density at radius 1 is 1.09 bits per heavy atom. The second-order valence-electron chi connectivity index (χ2n) is 5.71. The van der Waals surface area contributed by atoms with Gasteiger partial charge < -0.3 is 14.4 Å². The van der Waals surface area contributed by atoms with E-state index < -0.39 is 0 Å². The molecule has 4 nitrogen and oxygen atoms in total. The summed E-state index contributed by atoms with van der Waals surface area (Å²) in [5.74, 6) is 0.865. The van der Waals surface area contributed by atoms with Gasteiger partial charge in [-0.3, -0.25) is 4.90 Å². The summed E-state index contributed by atoms with van der Waals surface area (Å²) in [5.41, 5.74) is 1.12. The third-order valence-electron chi connectivity index (χ3n) is 4.04. The molecule has 1 heterocycles. The number of likely N-dealkylation sites (N-methyl/N-ethyl adjacent to an activating group) is 1. The minimum Gasteiger partial charge on any atom is -0.491 e. The Kier molecular flexibility index (Phi) is 7.46. The van der Waals surface area contributed by atoms with Crippen molar-refractivity contribution in [1.82, 2.24) is 9.80 Å². The summed E-state index contributed by atoms with van der Waals surface area (Å²) in [5, 5.41) is 0.804. The molecule has 1 aromatic carbocycles. The average molecular weight is 327 g/mol. The molecule has 0 bridgehead atoms. The number of nitrogens with zero attached hydrogens (tertiary/aromatic N) is 2. The highest BCUT2D eigenvalue weighted by atomic mass is 35.5. The van der Waals surface area contributed by atoms with Crippen LogP contribution in [0.25, 0.3) is 0 Å². The highest BCUT2D eigenvalue weighted by Gasteiger charge is 2.12. The molecule has 1 aliphatic rings. The van der Waals surface area contributed by atoms with Crippen molar-refractivity contribution in [2.24, 2.45) is 0 Å². The Hall–Kier alpha value is -0.810. The van der Waals surface area contributed by atoms with Crippen molar-refractivity contribution in [2.75, 3.05) is 59.6 Å². The Bertz CT molecular complexity index is 448. The van der Waals surface area contributed by atoms with Crippen molar-refractivity contribution in [3.8, 4) is 5.75 Å². The minimum absolute atomic E-state index is 0.577. The van der Waals surface area contributed by atoms with E-state index in [1.165, 1.54) is 0 Å². The highest BCUT2D eigenvalue weighted by Crippen LogP contribution is 2.22. The van der Waals surface area contributed by atoms with Crippen LogP contribution in [0.1, 0.15) is 12.5 Å². The molecular weight excluding hydrogens is 300 g/mol. The fraction of sp³-hybridized carbons (Fsp3) is 0.647. The van der Waals surface area contributed by atoms with Crippen LogP contribution in [0, 0.1) is 0 Å². The standard InChI is InChI=1S/C17H27ClN2O2/c1-3-15-14-16(4-5-17(15)18)22-13-12-21-11-10-20-8-6-19(2)7-9-20/h4-5,14H,3,6-13H2,1-2H3. The van der Waals surface area contributed by atoms with Crippen molar-refractivity contribution in [1.29, 1.82) is 0 Å². The van der Waals surface area contributed by atoms with E-state index in [0.717, 1.165) is 62.1 Å². The van der Waals surface area contributed by atoms with Crippen molar-refractivity contribution in [3.63, 3.8) is 0 Å². The zero-order chi connectivity index (χ0) is 15.8. The minimum atomic E-state index is 0.577. The van der Waals surface area contributed by atoms with Gasteiger partial charge in [0.05, 0.1) is 13.2 Å². The number of piperazine rings is 1. The average Bonchev–Trinajstić information content (AvgIpc) is 2.54. The Balaban J connectivity index is 1.56. The fourth-order valence-electron chi connectivity index (χ4n) is 2.50. The number of ether oxygens (including phenoxy) is 2. The van der Waals surface area contributed by atoms with Crippen LogP contribution >= 0.6 is 11.6 Å². The molecule has 0 unspecified atom stereocenters. The van der Waals surface area contributed by atoms with Crippen LogP contribution in [0.2, 0.25) is 5.02 Å². The van der Waals surface area contributed by atoms with Crippen LogP contribution in [0.15, 0.2) is 18.2 Å². The number of halogens is 1. The second kappa shape index (κ2) is 9.36. The molecule has 0 N–H and O–H groups in total. The van der Waals surface area contributed by atoms with Gasteiger partial charge in [0.15, 0.2) is 0 Å². The van der Waals surface area contributed by atoms with Gasteiger partial charge in [-0.25, -0.2) is 0 Å². The number of rotatable bonds is 8. The Morgan fingerprint density at radius 2 is 1.86 bits per heavy atom. The van der Waals surface area contributed by atoms with Gasteiger partial charge in [0.25, 0.3) is 0 Å². The third-order valence-corrected chi connectivity index (χ3v) is 4.41. The van der Waals surface area contributed by atoms with Crippen LogP contribution in [-0.4, -0.2) is 69.4 Å². The van der Waals surface area contributed by atoms with E-state index in [1.54, 1.807) is 0 Å². The largest absolute Gasteiger partial charge is 0.491 e. The van der Waals surface area contributed by atoms with Gasteiger partial charge in [0.1, 0.15) is 12.4 Å². The maximum absolute atomic E-state index is 6.09. The molecule has 22 heavy (non-hydrogen) atoms. The zero-order valence-electron chi connectivity index (χ0n) is 13.7. The van der Waals surface area contributed by atoms with Crippen molar-refractivity contribution in [3.05, 3.63) is 28.8 Å².